The van der Waals surface area contributed by atoms with Crippen LogP contribution in [0.15, 0.2) is 130 Å². The van der Waals surface area contributed by atoms with Crippen LogP contribution in [0, 0.1) is 22.7 Å². The predicted molar refractivity (Wildman–Crippen MR) is 212 cm³/mol. The minimum Gasteiger partial charge on any atom is -0.350 e. The fourth-order valence-electron chi connectivity index (χ4n) is 5.80. The summed E-state index contributed by atoms with van der Waals surface area (Å²) in [4.78, 5) is 57.1. The van der Waals surface area contributed by atoms with E-state index in [0.29, 0.717) is 34.3 Å². The highest BCUT2D eigenvalue weighted by Crippen LogP contribution is 2.43. The van der Waals surface area contributed by atoms with Crippen molar-refractivity contribution in [3.8, 4) is 12.1 Å². The number of para-hydroxylation sites is 2. The standard InChI is InChI=1S/C40H30Cl2N6O4S2/c41-27-15-11-25(12-16-27)21-33-37(51)47(29-7-3-1-4-8-29)39(53-33)31(23-43)35(49)45-19-20-46-36(50)32(24-44)40-48(30-9-5-2-6-10-30)38(52)34(54-40)22-26-13-17-28(42)18-14-26/h1-18,33-34H,19-22H2,(H,45,49)(H,46,50)/b39-31-,40-32+/t33-,34+/m1/s1. The van der Waals surface area contributed by atoms with Crippen LogP contribution in [0.3, 0.4) is 0 Å². The van der Waals surface area contributed by atoms with Crippen LogP contribution >= 0.6 is 46.7 Å². The van der Waals surface area contributed by atoms with Crippen molar-refractivity contribution in [2.24, 2.45) is 0 Å². The molecular weight excluding hydrogens is 764 g/mol. The summed E-state index contributed by atoms with van der Waals surface area (Å²) in [6.07, 6.45) is 0.702. The lowest BCUT2D eigenvalue weighted by molar-refractivity contribution is -0.119. The number of amides is 4. The maximum absolute atomic E-state index is 13.7. The highest BCUT2D eigenvalue weighted by Gasteiger charge is 2.42. The summed E-state index contributed by atoms with van der Waals surface area (Å²) in [6.45, 7) is -0.189. The summed E-state index contributed by atoms with van der Waals surface area (Å²) >= 11 is 14.4. The maximum atomic E-state index is 13.7. The molecule has 2 atom stereocenters. The molecule has 4 aromatic rings. The van der Waals surface area contributed by atoms with Gasteiger partial charge in [0, 0.05) is 34.5 Å². The fourth-order valence-corrected chi connectivity index (χ4v) is 8.66. The van der Waals surface area contributed by atoms with E-state index in [1.165, 1.54) is 9.80 Å². The van der Waals surface area contributed by atoms with E-state index in [2.05, 4.69) is 10.6 Å². The molecule has 0 aromatic heterocycles. The first-order chi connectivity index (χ1) is 26.2. The molecule has 2 heterocycles. The number of nitrogens with zero attached hydrogens (tertiary/aromatic N) is 4. The van der Waals surface area contributed by atoms with Gasteiger partial charge in [-0.1, -0.05) is 107 Å². The first-order valence-corrected chi connectivity index (χ1v) is 19.2. The van der Waals surface area contributed by atoms with Crippen molar-refractivity contribution in [1.29, 1.82) is 10.5 Å². The highest BCUT2D eigenvalue weighted by molar-refractivity contribution is 8.05. The van der Waals surface area contributed by atoms with E-state index < -0.39 is 22.3 Å². The molecule has 2 aliphatic heterocycles. The van der Waals surface area contributed by atoms with Crippen molar-refractivity contribution in [3.63, 3.8) is 0 Å². The largest absolute Gasteiger partial charge is 0.350 e. The molecule has 14 heteroatoms. The molecule has 2 N–H and O–H groups in total. The number of nitrogens with one attached hydrogen (secondary N) is 2. The number of carbonyl (C=O) groups is 4. The van der Waals surface area contributed by atoms with Gasteiger partial charge in [-0.2, -0.15) is 10.5 Å². The van der Waals surface area contributed by atoms with Crippen molar-refractivity contribution >= 4 is 81.7 Å². The fraction of sp³-hybridized carbons (Fsp3) is 0.150. The van der Waals surface area contributed by atoms with E-state index in [0.717, 1.165) is 34.7 Å². The minimum absolute atomic E-state index is 0.0944. The topological polar surface area (TPSA) is 146 Å². The molecular formula is C40H30Cl2N6O4S2. The van der Waals surface area contributed by atoms with E-state index in [1.54, 1.807) is 84.9 Å². The molecule has 0 unspecified atom stereocenters. The van der Waals surface area contributed by atoms with Crippen LogP contribution in [0.4, 0.5) is 11.4 Å². The lowest BCUT2D eigenvalue weighted by atomic mass is 10.1. The first-order valence-electron chi connectivity index (χ1n) is 16.6. The predicted octanol–water partition coefficient (Wildman–Crippen LogP) is 6.78. The number of hydrogen-bond donors (Lipinski definition) is 2. The molecule has 0 radical (unpaired) electrons. The van der Waals surface area contributed by atoms with Gasteiger partial charge in [-0.25, -0.2) is 0 Å². The van der Waals surface area contributed by atoms with Crippen molar-refractivity contribution < 1.29 is 19.2 Å². The zero-order valence-corrected chi connectivity index (χ0v) is 31.5. The normalized spacial score (nSPS) is 18.5. The van der Waals surface area contributed by atoms with Gasteiger partial charge in [0.15, 0.2) is 0 Å². The van der Waals surface area contributed by atoms with Crippen LogP contribution in [0.1, 0.15) is 11.1 Å². The Kier molecular flexibility index (Phi) is 12.4. The monoisotopic (exact) mass is 792 g/mol. The number of carbonyl (C=O) groups excluding carboxylic acids is 4. The molecule has 2 saturated heterocycles. The minimum atomic E-state index is -0.730. The summed E-state index contributed by atoms with van der Waals surface area (Å²) in [5, 5.41) is 26.0. The van der Waals surface area contributed by atoms with Gasteiger partial charge in [-0.05, 0) is 72.5 Å². The van der Waals surface area contributed by atoms with Crippen LogP contribution < -0.4 is 20.4 Å². The second-order valence-corrected chi connectivity index (χ2v) is 15.2. The van der Waals surface area contributed by atoms with E-state index >= 15 is 0 Å². The zero-order chi connectivity index (χ0) is 38.2. The Labute approximate surface area is 330 Å². The molecule has 0 bridgehead atoms. The summed E-state index contributed by atoms with van der Waals surface area (Å²) in [5.74, 6) is -2.01. The molecule has 10 nitrogen and oxygen atoms in total. The van der Waals surface area contributed by atoms with Crippen LogP contribution in [-0.4, -0.2) is 47.2 Å². The molecule has 4 aromatic carbocycles. The van der Waals surface area contributed by atoms with Gasteiger partial charge in [0.1, 0.15) is 33.3 Å². The quantitative estimate of drug-likeness (QED) is 0.0961. The van der Waals surface area contributed by atoms with Crippen LogP contribution in [-0.2, 0) is 32.0 Å². The van der Waals surface area contributed by atoms with Crippen molar-refractivity contribution in [3.05, 3.63) is 152 Å². The van der Waals surface area contributed by atoms with Crippen LogP contribution in [0.25, 0.3) is 0 Å². The lowest BCUT2D eigenvalue weighted by Crippen LogP contribution is -2.37. The number of thioether (sulfide) groups is 2. The molecule has 270 valence electrons. The number of hydrogen-bond acceptors (Lipinski definition) is 8. The first kappa shape index (κ1) is 38.2. The molecule has 2 aliphatic rings. The molecule has 6 rings (SSSR count). The van der Waals surface area contributed by atoms with Crippen LogP contribution in [0.2, 0.25) is 10.0 Å². The Balaban J connectivity index is 1.16. The number of benzene rings is 4. The Morgan fingerprint density at radius 2 is 0.944 bits per heavy atom. The van der Waals surface area contributed by atoms with E-state index in [4.69, 9.17) is 23.2 Å². The third-order valence-corrected chi connectivity index (χ3v) is 11.4. The lowest BCUT2D eigenvalue weighted by Gasteiger charge is -2.19. The van der Waals surface area contributed by atoms with Crippen LogP contribution in [0.5, 0.6) is 0 Å². The van der Waals surface area contributed by atoms with Crippen molar-refractivity contribution in [1.82, 2.24) is 10.6 Å². The van der Waals surface area contributed by atoms with Gasteiger partial charge in [0.25, 0.3) is 11.8 Å². The van der Waals surface area contributed by atoms with Crippen molar-refractivity contribution in [2.75, 3.05) is 22.9 Å². The van der Waals surface area contributed by atoms with Gasteiger partial charge in [0.05, 0.1) is 10.5 Å². The summed E-state index contributed by atoms with van der Waals surface area (Å²) in [7, 11) is 0. The number of rotatable bonds is 11. The average molecular weight is 794 g/mol. The SMILES string of the molecule is N#C/C(C(=O)NCCNC(=O)/C(C#N)=C1/S[C@@H](Cc2ccc(Cl)cc2)C(=O)N1c1ccccc1)=C1/S[C@H](Cc2ccc(Cl)cc2)C(=O)N1c1ccccc1. The van der Waals surface area contributed by atoms with Crippen molar-refractivity contribution in [2.45, 2.75) is 23.3 Å². The molecule has 4 amide bonds. The summed E-state index contributed by atoms with van der Waals surface area (Å²) < 4.78 is 0. The summed E-state index contributed by atoms with van der Waals surface area (Å²) in [6, 6.07) is 35.7. The number of nitriles is 2. The third-order valence-electron chi connectivity index (χ3n) is 8.40. The number of anilines is 2. The van der Waals surface area contributed by atoms with Gasteiger partial charge in [-0.3, -0.25) is 29.0 Å². The van der Waals surface area contributed by atoms with E-state index in [-0.39, 0.29) is 46.1 Å². The highest BCUT2D eigenvalue weighted by atomic mass is 35.5. The van der Waals surface area contributed by atoms with E-state index in [1.807, 2.05) is 36.4 Å². The zero-order valence-electron chi connectivity index (χ0n) is 28.4. The van der Waals surface area contributed by atoms with Gasteiger partial charge >= 0.3 is 0 Å². The second kappa shape index (κ2) is 17.5. The Morgan fingerprint density at radius 1 is 0.593 bits per heavy atom. The Bertz CT molecular complexity index is 2060. The maximum Gasteiger partial charge on any atom is 0.264 e. The molecule has 0 aliphatic carbocycles. The average Bonchev–Trinajstić information content (AvgIpc) is 3.67. The summed E-state index contributed by atoms with van der Waals surface area (Å²) in [5.41, 5.74) is 2.25. The van der Waals surface area contributed by atoms with Gasteiger partial charge in [0.2, 0.25) is 11.8 Å². The molecule has 0 saturated carbocycles. The van der Waals surface area contributed by atoms with E-state index in [9.17, 15) is 29.7 Å². The van der Waals surface area contributed by atoms with Gasteiger partial charge in [-0.15, -0.1) is 0 Å². The van der Waals surface area contributed by atoms with Gasteiger partial charge < -0.3 is 10.6 Å². The smallest absolute Gasteiger partial charge is 0.264 e. The molecule has 0 spiro atoms. The second-order valence-electron chi connectivity index (χ2n) is 12.0. The molecule has 54 heavy (non-hydrogen) atoms. The Morgan fingerprint density at radius 3 is 1.28 bits per heavy atom. The Hall–Kier alpha value is -5.50. The number of halogens is 2. The third kappa shape index (κ3) is 8.65. The molecule has 2 fully saturated rings.